The van der Waals surface area contributed by atoms with Crippen LogP contribution >= 0.6 is 23.6 Å². The van der Waals surface area contributed by atoms with Crippen molar-refractivity contribution in [2.75, 3.05) is 49.6 Å². The van der Waals surface area contributed by atoms with Gasteiger partial charge in [0.2, 0.25) is 0 Å². The zero-order valence-electron chi connectivity index (χ0n) is 18.0. The summed E-state index contributed by atoms with van der Waals surface area (Å²) in [7, 11) is 0. The number of piperazine rings is 1. The molecular formula is C22H27N3O4S2. The highest BCUT2D eigenvalue weighted by molar-refractivity contribution is 7.80. The molecule has 1 fully saturated rings. The molecule has 2 aromatic rings. The fourth-order valence-electron chi connectivity index (χ4n) is 3.42. The number of ether oxygens (including phenoxy) is 2. The van der Waals surface area contributed by atoms with Gasteiger partial charge in [-0.1, -0.05) is 18.2 Å². The molecule has 1 N–H and O–H groups in total. The van der Waals surface area contributed by atoms with Gasteiger partial charge in [-0.3, -0.25) is 0 Å². The Hall–Kier alpha value is -2.65. The molecule has 0 spiro atoms. The van der Waals surface area contributed by atoms with E-state index in [0.717, 1.165) is 26.2 Å². The minimum atomic E-state index is -0.481. The molecule has 0 aliphatic carbocycles. The molecular weight excluding hydrogens is 434 g/mol. The number of para-hydroxylation sites is 1. The van der Waals surface area contributed by atoms with Crippen molar-refractivity contribution in [2.45, 2.75) is 20.8 Å². The van der Waals surface area contributed by atoms with Gasteiger partial charge in [-0.15, -0.1) is 11.3 Å². The third-order valence-corrected chi connectivity index (χ3v) is 6.54. The molecule has 0 unspecified atom stereocenters. The quantitative estimate of drug-likeness (QED) is 0.513. The van der Waals surface area contributed by atoms with Crippen LogP contribution in [0.1, 0.15) is 39.4 Å². The molecule has 1 aromatic carbocycles. The van der Waals surface area contributed by atoms with E-state index in [1.165, 1.54) is 17.0 Å². The maximum atomic E-state index is 12.6. The molecule has 0 amide bonds. The lowest BCUT2D eigenvalue weighted by Gasteiger charge is -2.37. The molecule has 0 atom stereocenters. The van der Waals surface area contributed by atoms with Gasteiger partial charge < -0.3 is 24.6 Å². The second-order valence-corrected chi connectivity index (χ2v) is 8.35. The predicted molar refractivity (Wildman–Crippen MR) is 127 cm³/mol. The number of carbonyl (C=O) groups is 2. The first-order chi connectivity index (χ1) is 15.0. The first kappa shape index (κ1) is 23.0. The number of benzene rings is 1. The van der Waals surface area contributed by atoms with Gasteiger partial charge in [0, 0.05) is 31.9 Å². The summed E-state index contributed by atoms with van der Waals surface area (Å²) in [6.07, 6.45) is 0. The highest BCUT2D eigenvalue weighted by Crippen LogP contribution is 2.34. The van der Waals surface area contributed by atoms with E-state index in [0.29, 0.717) is 26.1 Å². The molecule has 1 aliphatic heterocycles. The molecule has 7 nitrogen and oxygen atoms in total. The van der Waals surface area contributed by atoms with Gasteiger partial charge in [-0.05, 0) is 50.7 Å². The number of anilines is 2. The number of rotatable bonds is 6. The Morgan fingerprint density at radius 3 is 2.26 bits per heavy atom. The monoisotopic (exact) mass is 461 g/mol. The zero-order valence-corrected chi connectivity index (χ0v) is 19.6. The first-order valence-corrected chi connectivity index (χ1v) is 11.5. The van der Waals surface area contributed by atoms with Crippen LogP contribution in [0.2, 0.25) is 0 Å². The van der Waals surface area contributed by atoms with Crippen molar-refractivity contribution in [3.05, 3.63) is 46.3 Å². The molecule has 0 bridgehead atoms. The third-order valence-electron chi connectivity index (χ3n) is 5.00. The van der Waals surface area contributed by atoms with Crippen molar-refractivity contribution in [3.8, 4) is 0 Å². The van der Waals surface area contributed by atoms with E-state index in [9.17, 15) is 9.59 Å². The Balaban J connectivity index is 1.73. The summed E-state index contributed by atoms with van der Waals surface area (Å²) in [4.78, 5) is 29.7. The summed E-state index contributed by atoms with van der Waals surface area (Å²) >= 11 is 6.79. The van der Waals surface area contributed by atoms with Crippen molar-refractivity contribution in [1.82, 2.24) is 4.90 Å². The van der Waals surface area contributed by atoms with E-state index in [2.05, 4.69) is 27.2 Å². The molecule has 1 aromatic heterocycles. The van der Waals surface area contributed by atoms with Gasteiger partial charge in [-0.25, -0.2) is 9.59 Å². The maximum absolute atomic E-state index is 12.6. The topological polar surface area (TPSA) is 71.1 Å². The SMILES string of the molecule is CCOC(=O)c1sc(NC(=S)N2CCN(c3ccccc3)CC2)c(C(=O)OCC)c1C. The van der Waals surface area contributed by atoms with Crippen molar-refractivity contribution in [2.24, 2.45) is 0 Å². The normalized spacial score (nSPS) is 13.6. The smallest absolute Gasteiger partial charge is 0.348 e. The fraction of sp³-hybridized carbons (Fsp3) is 0.409. The van der Waals surface area contributed by atoms with Crippen LogP contribution in [0.5, 0.6) is 0 Å². The first-order valence-electron chi connectivity index (χ1n) is 10.3. The molecule has 0 saturated carbocycles. The van der Waals surface area contributed by atoms with Crippen molar-refractivity contribution < 1.29 is 19.1 Å². The second-order valence-electron chi connectivity index (χ2n) is 6.94. The molecule has 0 radical (unpaired) electrons. The molecule has 2 heterocycles. The Labute approximate surface area is 191 Å². The number of esters is 2. The standard InChI is InChI=1S/C22H27N3O4S2/c1-4-28-20(26)17-15(3)18(21(27)29-5-2)31-19(17)23-22(30)25-13-11-24(12-14-25)16-9-7-6-8-10-16/h6-10H,4-5,11-14H2,1-3H3,(H,23,30). The van der Waals surface area contributed by atoms with Gasteiger partial charge in [0.1, 0.15) is 9.88 Å². The molecule has 1 aliphatic rings. The molecule has 31 heavy (non-hydrogen) atoms. The van der Waals surface area contributed by atoms with Crippen LogP contribution < -0.4 is 10.2 Å². The van der Waals surface area contributed by atoms with Crippen molar-refractivity contribution in [1.29, 1.82) is 0 Å². The fourth-order valence-corrected chi connectivity index (χ4v) is 4.86. The number of carbonyl (C=O) groups excluding carboxylic acids is 2. The maximum Gasteiger partial charge on any atom is 0.348 e. The predicted octanol–water partition coefficient (Wildman–Crippen LogP) is 3.93. The summed E-state index contributed by atoms with van der Waals surface area (Å²) in [6.45, 7) is 8.91. The van der Waals surface area contributed by atoms with Crippen LogP contribution in [0.3, 0.4) is 0 Å². The van der Waals surface area contributed by atoms with E-state index in [-0.39, 0.29) is 13.2 Å². The van der Waals surface area contributed by atoms with Gasteiger partial charge in [0.15, 0.2) is 5.11 Å². The van der Waals surface area contributed by atoms with E-state index in [1.807, 2.05) is 18.2 Å². The summed E-state index contributed by atoms with van der Waals surface area (Å²) in [5.74, 6) is -0.933. The van der Waals surface area contributed by atoms with Crippen LogP contribution in [0.25, 0.3) is 0 Å². The lowest BCUT2D eigenvalue weighted by molar-refractivity contribution is 0.0527. The lowest BCUT2D eigenvalue weighted by Crippen LogP contribution is -2.50. The molecule has 166 valence electrons. The number of thiocarbonyl (C=S) groups is 1. The van der Waals surface area contributed by atoms with E-state index < -0.39 is 11.9 Å². The Bertz CT molecular complexity index is 938. The Morgan fingerprint density at radius 1 is 1.03 bits per heavy atom. The van der Waals surface area contributed by atoms with Crippen LogP contribution in [-0.2, 0) is 9.47 Å². The van der Waals surface area contributed by atoms with E-state index in [4.69, 9.17) is 21.7 Å². The Morgan fingerprint density at radius 2 is 1.65 bits per heavy atom. The minimum absolute atomic E-state index is 0.244. The summed E-state index contributed by atoms with van der Waals surface area (Å²) in [5.41, 5.74) is 2.07. The van der Waals surface area contributed by atoms with Gasteiger partial charge in [-0.2, -0.15) is 0 Å². The van der Waals surface area contributed by atoms with E-state index in [1.54, 1.807) is 20.8 Å². The second kappa shape index (κ2) is 10.6. The van der Waals surface area contributed by atoms with E-state index >= 15 is 0 Å². The van der Waals surface area contributed by atoms with Crippen LogP contribution in [0.4, 0.5) is 10.7 Å². The molecule has 1 saturated heterocycles. The highest BCUT2D eigenvalue weighted by Gasteiger charge is 2.28. The highest BCUT2D eigenvalue weighted by atomic mass is 32.1. The zero-order chi connectivity index (χ0) is 22.4. The minimum Gasteiger partial charge on any atom is -0.462 e. The number of nitrogens with zero attached hydrogens (tertiary/aromatic N) is 2. The van der Waals surface area contributed by atoms with Gasteiger partial charge in [0.05, 0.1) is 18.8 Å². The number of thiophene rings is 1. The number of nitrogens with one attached hydrogen (secondary N) is 1. The molecule has 3 rings (SSSR count). The lowest BCUT2D eigenvalue weighted by atomic mass is 10.1. The van der Waals surface area contributed by atoms with Crippen LogP contribution in [0.15, 0.2) is 30.3 Å². The van der Waals surface area contributed by atoms with Gasteiger partial charge in [0.25, 0.3) is 0 Å². The summed E-state index contributed by atoms with van der Waals surface area (Å²) < 4.78 is 10.3. The largest absolute Gasteiger partial charge is 0.462 e. The molecule has 9 heteroatoms. The Kier molecular flexibility index (Phi) is 7.86. The van der Waals surface area contributed by atoms with Crippen molar-refractivity contribution in [3.63, 3.8) is 0 Å². The summed E-state index contributed by atoms with van der Waals surface area (Å²) in [5, 5.41) is 4.21. The average Bonchev–Trinajstić information content (AvgIpc) is 3.10. The van der Waals surface area contributed by atoms with Crippen LogP contribution in [0, 0.1) is 6.92 Å². The number of hydrogen-bond acceptors (Lipinski definition) is 7. The average molecular weight is 462 g/mol. The summed E-state index contributed by atoms with van der Waals surface area (Å²) in [6, 6.07) is 10.3. The third kappa shape index (κ3) is 5.34. The van der Waals surface area contributed by atoms with Crippen LogP contribution in [-0.4, -0.2) is 61.3 Å². The van der Waals surface area contributed by atoms with Crippen molar-refractivity contribution >= 4 is 51.3 Å². The number of hydrogen-bond donors (Lipinski definition) is 1. The van der Waals surface area contributed by atoms with Gasteiger partial charge >= 0.3 is 11.9 Å².